The number of nitrogens with zero attached hydrogens (tertiary/aromatic N) is 4. The van der Waals surface area contributed by atoms with Crippen molar-refractivity contribution in [3.63, 3.8) is 0 Å². The maximum absolute atomic E-state index is 5.46. The average molecular weight is 313 g/mol. The van der Waals surface area contributed by atoms with Gasteiger partial charge in [0.05, 0.1) is 25.6 Å². The van der Waals surface area contributed by atoms with Crippen LogP contribution in [0.2, 0.25) is 0 Å². The van der Waals surface area contributed by atoms with Crippen molar-refractivity contribution in [2.24, 2.45) is 0 Å². The van der Waals surface area contributed by atoms with Crippen molar-refractivity contribution in [1.82, 2.24) is 25.0 Å². The summed E-state index contributed by atoms with van der Waals surface area (Å²) in [5, 5.41) is 15.5. The van der Waals surface area contributed by atoms with Crippen LogP contribution in [0.3, 0.4) is 0 Å². The highest BCUT2D eigenvalue weighted by Crippen LogP contribution is 2.28. The first-order valence-electron chi connectivity index (χ1n) is 7.25. The average Bonchev–Trinajstić information content (AvgIpc) is 3.16. The zero-order chi connectivity index (χ0) is 16.4. The first-order chi connectivity index (χ1) is 11.1. The summed E-state index contributed by atoms with van der Waals surface area (Å²) in [6, 6.07) is 5.63. The number of hydrogen-bond acceptors (Lipinski definition) is 5. The molecule has 23 heavy (non-hydrogen) atoms. The largest absolute Gasteiger partial charge is 0.497 e. The highest BCUT2D eigenvalue weighted by molar-refractivity contribution is 5.52. The highest BCUT2D eigenvalue weighted by atomic mass is 16.5. The Balaban J connectivity index is 2.04. The topological polar surface area (TPSA) is 77.8 Å². The van der Waals surface area contributed by atoms with E-state index in [1.807, 2.05) is 36.6 Å². The van der Waals surface area contributed by atoms with Gasteiger partial charge in [-0.25, -0.2) is 0 Å². The molecule has 0 amide bonds. The van der Waals surface area contributed by atoms with Crippen LogP contribution in [-0.2, 0) is 6.42 Å². The predicted molar refractivity (Wildman–Crippen MR) is 85.3 cm³/mol. The molecule has 3 rings (SSSR count). The SMILES string of the molecule is COc1ccc(OC)c(-n2cnnc2Cc2c(C)n[nH]c2C)c1. The minimum Gasteiger partial charge on any atom is -0.497 e. The summed E-state index contributed by atoms with van der Waals surface area (Å²) < 4.78 is 12.7. The standard InChI is InChI=1S/C16H19N5O2/c1-10-13(11(2)19-18-10)8-16-20-17-9-21(16)14-7-12(22-3)5-6-15(14)23-4/h5-7,9H,8H2,1-4H3,(H,18,19). The number of rotatable bonds is 5. The van der Waals surface area contributed by atoms with Crippen LogP contribution >= 0.6 is 0 Å². The van der Waals surface area contributed by atoms with E-state index in [4.69, 9.17) is 9.47 Å². The molecule has 0 fully saturated rings. The maximum Gasteiger partial charge on any atom is 0.143 e. The van der Waals surface area contributed by atoms with Crippen molar-refractivity contribution in [3.8, 4) is 17.2 Å². The van der Waals surface area contributed by atoms with E-state index in [1.165, 1.54) is 0 Å². The summed E-state index contributed by atoms with van der Waals surface area (Å²) in [5.74, 6) is 2.28. The molecular formula is C16H19N5O2. The molecule has 0 saturated carbocycles. The van der Waals surface area contributed by atoms with Crippen molar-refractivity contribution in [3.05, 3.63) is 47.3 Å². The molecule has 1 N–H and O–H groups in total. The number of nitrogens with one attached hydrogen (secondary N) is 1. The maximum atomic E-state index is 5.46. The minimum atomic E-state index is 0.633. The molecular weight excluding hydrogens is 294 g/mol. The van der Waals surface area contributed by atoms with E-state index in [9.17, 15) is 0 Å². The fraction of sp³-hybridized carbons (Fsp3) is 0.312. The van der Waals surface area contributed by atoms with Crippen LogP contribution in [0.1, 0.15) is 22.8 Å². The monoisotopic (exact) mass is 313 g/mol. The van der Waals surface area contributed by atoms with Gasteiger partial charge in [-0.3, -0.25) is 9.67 Å². The van der Waals surface area contributed by atoms with Crippen LogP contribution in [0.15, 0.2) is 24.5 Å². The van der Waals surface area contributed by atoms with Crippen molar-refractivity contribution in [2.75, 3.05) is 14.2 Å². The summed E-state index contributed by atoms with van der Waals surface area (Å²) in [6.45, 7) is 3.98. The summed E-state index contributed by atoms with van der Waals surface area (Å²) in [4.78, 5) is 0. The van der Waals surface area contributed by atoms with Crippen molar-refractivity contribution in [1.29, 1.82) is 0 Å². The number of aromatic nitrogens is 5. The van der Waals surface area contributed by atoms with Gasteiger partial charge in [-0.05, 0) is 26.0 Å². The van der Waals surface area contributed by atoms with Crippen molar-refractivity contribution in [2.45, 2.75) is 20.3 Å². The fourth-order valence-electron chi connectivity index (χ4n) is 2.56. The fourth-order valence-corrected chi connectivity index (χ4v) is 2.56. The van der Waals surface area contributed by atoms with E-state index >= 15 is 0 Å². The Bertz CT molecular complexity index is 802. The lowest BCUT2D eigenvalue weighted by Crippen LogP contribution is -2.05. The zero-order valence-corrected chi connectivity index (χ0v) is 13.6. The van der Waals surface area contributed by atoms with E-state index in [0.29, 0.717) is 6.42 Å². The lowest BCUT2D eigenvalue weighted by atomic mass is 10.1. The van der Waals surface area contributed by atoms with Crippen LogP contribution in [-0.4, -0.2) is 39.2 Å². The van der Waals surface area contributed by atoms with Gasteiger partial charge in [0.1, 0.15) is 23.7 Å². The zero-order valence-electron chi connectivity index (χ0n) is 13.6. The van der Waals surface area contributed by atoms with Gasteiger partial charge in [0.15, 0.2) is 0 Å². The second-order valence-corrected chi connectivity index (χ2v) is 5.24. The molecule has 0 spiro atoms. The molecule has 7 nitrogen and oxygen atoms in total. The Kier molecular flexibility index (Phi) is 4.01. The Morgan fingerprint density at radius 2 is 2.00 bits per heavy atom. The first-order valence-corrected chi connectivity index (χ1v) is 7.25. The van der Waals surface area contributed by atoms with Crippen molar-refractivity contribution >= 4 is 0 Å². The van der Waals surface area contributed by atoms with Gasteiger partial charge in [0, 0.05) is 23.7 Å². The molecule has 1 aromatic carbocycles. The van der Waals surface area contributed by atoms with Gasteiger partial charge in [-0.15, -0.1) is 10.2 Å². The van der Waals surface area contributed by atoms with Crippen LogP contribution in [0.4, 0.5) is 0 Å². The summed E-state index contributed by atoms with van der Waals surface area (Å²) in [6.07, 6.45) is 2.31. The number of hydrogen-bond donors (Lipinski definition) is 1. The number of ether oxygens (including phenoxy) is 2. The van der Waals surface area contributed by atoms with Gasteiger partial charge >= 0.3 is 0 Å². The second kappa shape index (κ2) is 6.12. The summed E-state index contributed by atoms with van der Waals surface area (Å²) >= 11 is 0. The number of H-pyrrole nitrogens is 1. The molecule has 0 aliphatic heterocycles. The summed E-state index contributed by atoms with van der Waals surface area (Å²) in [7, 11) is 3.27. The third-order valence-electron chi connectivity index (χ3n) is 3.88. The molecule has 120 valence electrons. The lowest BCUT2D eigenvalue weighted by Gasteiger charge is -2.13. The van der Waals surface area contributed by atoms with E-state index < -0.39 is 0 Å². The second-order valence-electron chi connectivity index (χ2n) is 5.24. The number of aromatic amines is 1. The van der Waals surface area contributed by atoms with Gasteiger partial charge in [-0.1, -0.05) is 0 Å². The third kappa shape index (κ3) is 2.77. The molecule has 0 saturated heterocycles. The van der Waals surface area contributed by atoms with E-state index in [0.717, 1.165) is 40.0 Å². The molecule has 0 bridgehead atoms. The van der Waals surface area contributed by atoms with Crippen LogP contribution in [0.25, 0.3) is 5.69 Å². The molecule has 0 unspecified atom stereocenters. The number of aryl methyl sites for hydroxylation is 2. The van der Waals surface area contributed by atoms with E-state index in [1.54, 1.807) is 20.5 Å². The number of methoxy groups -OCH3 is 2. The van der Waals surface area contributed by atoms with Gasteiger partial charge in [0.25, 0.3) is 0 Å². The minimum absolute atomic E-state index is 0.633. The van der Waals surface area contributed by atoms with E-state index in [2.05, 4.69) is 20.4 Å². The molecule has 7 heteroatoms. The predicted octanol–water partition coefficient (Wildman–Crippen LogP) is 2.22. The lowest BCUT2D eigenvalue weighted by molar-refractivity contribution is 0.401. The summed E-state index contributed by atoms with van der Waals surface area (Å²) in [5.41, 5.74) is 3.97. The third-order valence-corrected chi connectivity index (χ3v) is 3.88. The first kappa shape index (κ1) is 15.1. The van der Waals surface area contributed by atoms with Crippen LogP contribution in [0.5, 0.6) is 11.5 Å². The van der Waals surface area contributed by atoms with Gasteiger partial charge in [-0.2, -0.15) is 5.10 Å². The molecule has 0 aliphatic rings. The Morgan fingerprint density at radius 3 is 2.65 bits per heavy atom. The molecule has 0 radical (unpaired) electrons. The smallest absolute Gasteiger partial charge is 0.143 e. The Hall–Kier alpha value is -2.83. The van der Waals surface area contributed by atoms with Gasteiger partial charge in [0.2, 0.25) is 0 Å². The molecule has 2 aromatic heterocycles. The molecule has 3 aromatic rings. The quantitative estimate of drug-likeness (QED) is 0.781. The van der Waals surface area contributed by atoms with Crippen molar-refractivity contribution < 1.29 is 9.47 Å². The van der Waals surface area contributed by atoms with E-state index in [-0.39, 0.29) is 0 Å². The van der Waals surface area contributed by atoms with Crippen LogP contribution in [0, 0.1) is 13.8 Å². The molecule has 2 heterocycles. The normalized spacial score (nSPS) is 10.8. The molecule has 0 aliphatic carbocycles. The Labute approximate surface area is 134 Å². The highest BCUT2D eigenvalue weighted by Gasteiger charge is 2.16. The van der Waals surface area contributed by atoms with Gasteiger partial charge < -0.3 is 9.47 Å². The number of benzene rings is 1. The van der Waals surface area contributed by atoms with Crippen LogP contribution < -0.4 is 9.47 Å². The Morgan fingerprint density at radius 1 is 1.17 bits per heavy atom. The molecule has 0 atom stereocenters.